The summed E-state index contributed by atoms with van der Waals surface area (Å²) in [7, 11) is 0. The van der Waals surface area contributed by atoms with Crippen molar-refractivity contribution in [1.82, 2.24) is 0 Å². The van der Waals surface area contributed by atoms with Crippen LogP contribution in [0.3, 0.4) is 0 Å². The highest BCUT2D eigenvalue weighted by Crippen LogP contribution is 1.92. The van der Waals surface area contributed by atoms with Gasteiger partial charge >= 0.3 is 0 Å². The summed E-state index contributed by atoms with van der Waals surface area (Å²) in [6, 6.07) is 0. The Labute approximate surface area is 79.8 Å². The Bertz CT molecular complexity index is 85.7. The minimum absolute atomic E-state index is 0.103. The van der Waals surface area contributed by atoms with E-state index in [2.05, 4.69) is 0 Å². The van der Waals surface area contributed by atoms with E-state index >= 15 is 0 Å². The van der Waals surface area contributed by atoms with Crippen molar-refractivity contribution in [2.24, 2.45) is 0 Å². The topological polar surface area (TPSA) is 80.9 Å². The van der Waals surface area contributed by atoms with Gasteiger partial charge < -0.3 is 20.4 Å². The van der Waals surface area contributed by atoms with Gasteiger partial charge in [-0.05, 0) is 12.8 Å². The molecule has 0 amide bonds. The van der Waals surface area contributed by atoms with Crippen LogP contribution in [0.4, 0.5) is 0 Å². The fraction of sp³-hybridized carbons (Fsp3) is 1.00. The Hall–Kier alpha value is -0.160. The lowest BCUT2D eigenvalue weighted by Gasteiger charge is -2.01. The van der Waals surface area contributed by atoms with Crippen LogP contribution in [0.2, 0.25) is 0 Å². The highest BCUT2D eigenvalue weighted by atomic mass is 16.5. The predicted octanol–water partition coefficient (Wildman–Crippen LogP) is 0.237. The van der Waals surface area contributed by atoms with Crippen LogP contribution in [-0.2, 0) is 0 Å². The average molecular weight is 194 g/mol. The molecule has 4 N–H and O–H groups in total. The minimum atomic E-state index is -1.10. The van der Waals surface area contributed by atoms with E-state index in [9.17, 15) is 0 Å². The van der Waals surface area contributed by atoms with Crippen LogP contribution < -0.4 is 0 Å². The second-order valence-electron chi connectivity index (χ2n) is 2.89. The van der Waals surface area contributed by atoms with Crippen LogP contribution in [0.1, 0.15) is 39.5 Å². The Balaban J connectivity index is 0. The molecule has 0 radical (unpaired) electrons. The first-order chi connectivity index (χ1) is 6.08. The Morgan fingerprint density at radius 2 is 1.38 bits per heavy atom. The molecule has 4 nitrogen and oxygen atoms in total. The largest absolute Gasteiger partial charge is 0.394 e. The number of aliphatic hydroxyl groups excluding tert-OH is 3. The third-order valence-corrected chi connectivity index (χ3v) is 1.38. The standard InChI is InChI=1S/C5H12O2.C4H10O2/c1-2-3-5(7)4-6;1-2-3-4(5)6/h5-7H,2-4H2,1H3;4-6H,2-3H2,1H3. The molecule has 0 saturated heterocycles. The van der Waals surface area contributed by atoms with Gasteiger partial charge in [-0.3, -0.25) is 0 Å². The monoisotopic (exact) mass is 194 g/mol. The Morgan fingerprint density at radius 3 is 1.46 bits per heavy atom. The molecule has 0 heterocycles. The van der Waals surface area contributed by atoms with Crippen molar-refractivity contribution in [3.8, 4) is 0 Å². The van der Waals surface area contributed by atoms with E-state index < -0.39 is 12.4 Å². The predicted molar refractivity (Wildman–Crippen MR) is 51.1 cm³/mol. The summed E-state index contributed by atoms with van der Waals surface area (Å²) in [6.45, 7) is 3.77. The number of hydrogen-bond donors (Lipinski definition) is 4. The maximum absolute atomic E-state index is 8.61. The number of rotatable bonds is 5. The summed E-state index contributed by atoms with van der Waals surface area (Å²) in [5.74, 6) is 0. The summed E-state index contributed by atoms with van der Waals surface area (Å²) >= 11 is 0. The molecule has 1 atom stereocenters. The van der Waals surface area contributed by atoms with Gasteiger partial charge in [-0.15, -0.1) is 0 Å². The third kappa shape index (κ3) is 18.7. The third-order valence-electron chi connectivity index (χ3n) is 1.38. The number of aliphatic hydroxyl groups is 4. The molecule has 1 unspecified atom stereocenters. The van der Waals surface area contributed by atoms with Gasteiger partial charge in [0.05, 0.1) is 12.7 Å². The van der Waals surface area contributed by atoms with Gasteiger partial charge in [-0.1, -0.05) is 26.7 Å². The Morgan fingerprint density at radius 1 is 0.923 bits per heavy atom. The first-order valence-corrected chi connectivity index (χ1v) is 4.73. The number of hydrogen-bond acceptors (Lipinski definition) is 4. The maximum Gasteiger partial charge on any atom is 0.151 e. The van der Waals surface area contributed by atoms with E-state index in [4.69, 9.17) is 20.4 Å². The second kappa shape index (κ2) is 11.8. The highest BCUT2D eigenvalue weighted by molar-refractivity contribution is 4.48. The van der Waals surface area contributed by atoms with Crippen molar-refractivity contribution < 1.29 is 20.4 Å². The normalized spacial score (nSPS) is 12.2. The van der Waals surface area contributed by atoms with E-state index in [1.807, 2.05) is 13.8 Å². The molecule has 0 aliphatic carbocycles. The van der Waals surface area contributed by atoms with Crippen LogP contribution in [0, 0.1) is 0 Å². The molecule has 0 aromatic rings. The quantitative estimate of drug-likeness (QED) is 0.472. The maximum atomic E-state index is 8.61. The zero-order valence-corrected chi connectivity index (χ0v) is 8.48. The van der Waals surface area contributed by atoms with E-state index in [-0.39, 0.29) is 6.61 Å². The Kier molecular flexibility index (Phi) is 14.0. The molecule has 4 heteroatoms. The van der Waals surface area contributed by atoms with Gasteiger partial charge in [0, 0.05) is 0 Å². The minimum Gasteiger partial charge on any atom is -0.394 e. The molecule has 0 bridgehead atoms. The van der Waals surface area contributed by atoms with Gasteiger partial charge in [-0.25, -0.2) is 0 Å². The summed E-state index contributed by atoms with van der Waals surface area (Å²) in [5, 5.41) is 33.0. The van der Waals surface area contributed by atoms with E-state index in [0.717, 1.165) is 12.8 Å². The fourth-order valence-electron chi connectivity index (χ4n) is 0.683. The first kappa shape index (κ1) is 15.3. The molecule has 0 rings (SSSR count). The van der Waals surface area contributed by atoms with E-state index in [1.165, 1.54) is 0 Å². The summed E-state index contributed by atoms with van der Waals surface area (Å²) in [5.41, 5.74) is 0. The SMILES string of the molecule is CCCC(O)CO.CCCC(O)O. The smallest absolute Gasteiger partial charge is 0.151 e. The van der Waals surface area contributed by atoms with Crippen molar-refractivity contribution in [2.75, 3.05) is 6.61 Å². The van der Waals surface area contributed by atoms with Crippen molar-refractivity contribution in [3.05, 3.63) is 0 Å². The van der Waals surface area contributed by atoms with Crippen LogP contribution in [0.15, 0.2) is 0 Å². The van der Waals surface area contributed by atoms with Gasteiger partial charge in [-0.2, -0.15) is 0 Å². The van der Waals surface area contributed by atoms with E-state index in [1.54, 1.807) is 0 Å². The van der Waals surface area contributed by atoms with Gasteiger partial charge in [0.25, 0.3) is 0 Å². The van der Waals surface area contributed by atoms with Crippen molar-refractivity contribution in [2.45, 2.75) is 51.9 Å². The van der Waals surface area contributed by atoms with Crippen LogP contribution in [-0.4, -0.2) is 39.4 Å². The van der Waals surface area contributed by atoms with Crippen LogP contribution in [0.25, 0.3) is 0 Å². The van der Waals surface area contributed by atoms with Crippen molar-refractivity contribution in [1.29, 1.82) is 0 Å². The van der Waals surface area contributed by atoms with Crippen molar-refractivity contribution >= 4 is 0 Å². The molecule has 0 fully saturated rings. The van der Waals surface area contributed by atoms with Crippen LogP contribution in [0.5, 0.6) is 0 Å². The average Bonchev–Trinajstić information content (AvgIpc) is 2.05. The summed E-state index contributed by atoms with van der Waals surface area (Å²) < 4.78 is 0. The lowest BCUT2D eigenvalue weighted by molar-refractivity contribution is -0.0453. The van der Waals surface area contributed by atoms with Gasteiger partial charge in [0.1, 0.15) is 0 Å². The zero-order chi connectivity index (χ0) is 10.7. The molecule has 13 heavy (non-hydrogen) atoms. The second-order valence-corrected chi connectivity index (χ2v) is 2.89. The first-order valence-electron chi connectivity index (χ1n) is 4.73. The van der Waals surface area contributed by atoms with Gasteiger partial charge in [0.15, 0.2) is 6.29 Å². The molecular formula is C9H22O4. The molecule has 0 aliphatic heterocycles. The van der Waals surface area contributed by atoms with E-state index in [0.29, 0.717) is 12.8 Å². The lowest BCUT2D eigenvalue weighted by Crippen LogP contribution is -2.10. The highest BCUT2D eigenvalue weighted by Gasteiger charge is 1.95. The fourth-order valence-corrected chi connectivity index (χ4v) is 0.683. The zero-order valence-electron chi connectivity index (χ0n) is 8.48. The van der Waals surface area contributed by atoms with Crippen LogP contribution >= 0.6 is 0 Å². The summed E-state index contributed by atoms with van der Waals surface area (Å²) in [4.78, 5) is 0. The van der Waals surface area contributed by atoms with Crippen molar-refractivity contribution in [3.63, 3.8) is 0 Å². The molecule has 0 aliphatic rings. The molecule has 0 spiro atoms. The molecule has 0 saturated carbocycles. The lowest BCUT2D eigenvalue weighted by atomic mass is 10.2. The molecular weight excluding hydrogens is 172 g/mol. The molecule has 0 aromatic heterocycles. The molecule has 0 aromatic carbocycles. The molecule has 82 valence electrons. The van der Waals surface area contributed by atoms with Gasteiger partial charge in [0.2, 0.25) is 0 Å². The summed E-state index contributed by atoms with van der Waals surface area (Å²) in [6.07, 6.45) is 1.36.